The zero-order valence-corrected chi connectivity index (χ0v) is 7.00. The summed E-state index contributed by atoms with van der Waals surface area (Å²) in [5.74, 6) is 0. The van der Waals surface area contributed by atoms with E-state index in [1.807, 2.05) is 11.6 Å². The van der Waals surface area contributed by atoms with E-state index >= 15 is 0 Å². The van der Waals surface area contributed by atoms with Crippen molar-refractivity contribution in [2.45, 2.75) is 26.8 Å². The highest BCUT2D eigenvalue weighted by atomic mass is 15.4. The van der Waals surface area contributed by atoms with Crippen LogP contribution >= 0.6 is 0 Å². The number of fused-ring (bicyclic) bond motifs is 1. The van der Waals surface area contributed by atoms with E-state index in [2.05, 4.69) is 30.2 Å². The second kappa shape index (κ2) is 1.94. The summed E-state index contributed by atoms with van der Waals surface area (Å²) < 4.78 is 1.96. The first kappa shape index (κ1) is 6.58. The second-order valence-corrected chi connectivity index (χ2v) is 3.06. The van der Waals surface area contributed by atoms with Crippen LogP contribution in [-0.2, 0) is 0 Å². The molecular weight excluding hydrogens is 138 g/mol. The number of aromatic nitrogens is 3. The number of aryl methyl sites for hydroxylation is 1. The standard InChI is InChI=1S/C8H11N3/c1-5-4-6(2)11-8(5)7(3)9-10-11/h4,6H,1-3H3. The fourth-order valence-electron chi connectivity index (χ4n) is 1.64. The first-order chi connectivity index (χ1) is 5.20. The Labute approximate surface area is 65.7 Å². The van der Waals surface area contributed by atoms with Gasteiger partial charge in [-0.3, -0.25) is 0 Å². The molecule has 0 amide bonds. The molecule has 0 saturated carbocycles. The lowest BCUT2D eigenvalue weighted by Gasteiger charge is -1.99. The van der Waals surface area contributed by atoms with Crippen LogP contribution in [0.1, 0.15) is 31.3 Å². The Morgan fingerprint density at radius 1 is 1.45 bits per heavy atom. The third kappa shape index (κ3) is 0.737. The molecule has 0 fully saturated rings. The molecule has 1 aliphatic rings. The minimum absolute atomic E-state index is 0.381. The monoisotopic (exact) mass is 149 g/mol. The quantitative estimate of drug-likeness (QED) is 0.560. The maximum Gasteiger partial charge on any atom is 0.0876 e. The summed E-state index contributed by atoms with van der Waals surface area (Å²) in [6, 6.07) is 0.381. The SMILES string of the molecule is CC1=CC(C)n2nnc(C)c21. The predicted octanol–water partition coefficient (Wildman–Crippen LogP) is 1.56. The summed E-state index contributed by atoms with van der Waals surface area (Å²) in [6.45, 7) is 6.22. The zero-order chi connectivity index (χ0) is 8.01. The van der Waals surface area contributed by atoms with Crippen molar-refractivity contribution in [3.63, 3.8) is 0 Å². The molecule has 0 aliphatic carbocycles. The fourth-order valence-corrected chi connectivity index (χ4v) is 1.64. The molecule has 1 aromatic rings. The van der Waals surface area contributed by atoms with Crippen LogP contribution in [-0.4, -0.2) is 15.0 Å². The van der Waals surface area contributed by atoms with Crippen LogP contribution in [0.2, 0.25) is 0 Å². The summed E-state index contributed by atoms with van der Waals surface area (Å²) in [7, 11) is 0. The van der Waals surface area contributed by atoms with E-state index in [-0.39, 0.29) is 0 Å². The van der Waals surface area contributed by atoms with Crippen molar-refractivity contribution in [1.29, 1.82) is 0 Å². The van der Waals surface area contributed by atoms with E-state index in [1.54, 1.807) is 0 Å². The van der Waals surface area contributed by atoms with Gasteiger partial charge in [-0.1, -0.05) is 11.3 Å². The average molecular weight is 149 g/mol. The number of rotatable bonds is 0. The van der Waals surface area contributed by atoms with Crippen molar-refractivity contribution >= 4 is 5.57 Å². The summed E-state index contributed by atoms with van der Waals surface area (Å²) in [4.78, 5) is 0. The third-order valence-corrected chi connectivity index (χ3v) is 2.11. The Hall–Kier alpha value is -1.12. The Balaban J connectivity index is 2.65. The molecule has 2 heterocycles. The number of allylic oxidation sites excluding steroid dienone is 2. The third-order valence-electron chi connectivity index (χ3n) is 2.11. The van der Waals surface area contributed by atoms with E-state index in [9.17, 15) is 0 Å². The molecule has 1 atom stereocenters. The first-order valence-electron chi connectivity index (χ1n) is 3.80. The van der Waals surface area contributed by atoms with Gasteiger partial charge < -0.3 is 0 Å². The van der Waals surface area contributed by atoms with Gasteiger partial charge in [0.05, 0.1) is 17.4 Å². The lowest BCUT2D eigenvalue weighted by atomic mass is 10.2. The van der Waals surface area contributed by atoms with Gasteiger partial charge in [-0.2, -0.15) is 0 Å². The largest absolute Gasteiger partial charge is 0.238 e. The van der Waals surface area contributed by atoms with Gasteiger partial charge in [0, 0.05) is 0 Å². The van der Waals surface area contributed by atoms with Crippen molar-refractivity contribution < 1.29 is 0 Å². The highest BCUT2D eigenvalue weighted by Gasteiger charge is 2.20. The van der Waals surface area contributed by atoms with Crippen LogP contribution in [0, 0.1) is 6.92 Å². The van der Waals surface area contributed by atoms with Gasteiger partial charge in [-0.25, -0.2) is 4.68 Å². The van der Waals surface area contributed by atoms with Crippen LogP contribution < -0.4 is 0 Å². The molecule has 1 aliphatic heterocycles. The van der Waals surface area contributed by atoms with Crippen molar-refractivity contribution in [3.05, 3.63) is 17.5 Å². The topological polar surface area (TPSA) is 30.7 Å². The van der Waals surface area contributed by atoms with Crippen molar-refractivity contribution in [2.24, 2.45) is 0 Å². The van der Waals surface area contributed by atoms with Gasteiger partial charge in [-0.05, 0) is 26.3 Å². The van der Waals surface area contributed by atoms with Crippen molar-refractivity contribution in [2.75, 3.05) is 0 Å². The van der Waals surface area contributed by atoms with Crippen LogP contribution in [0.5, 0.6) is 0 Å². The minimum atomic E-state index is 0.381. The summed E-state index contributed by atoms with van der Waals surface area (Å²) in [6.07, 6.45) is 2.21. The van der Waals surface area contributed by atoms with E-state index < -0.39 is 0 Å². The van der Waals surface area contributed by atoms with Crippen LogP contribution in [0.3, 0.4) is 0 Å². The summed E-state index contributed by atoms with van der Waals surface area (Å²) in [5.41, 5.74) is 3.51. The van der Waals surface area contributed by atoms with E-state index in [0.717, 1.165) is 5.69 Å². The lowest BCUT2D eigenvalue weighted by molar-refractivity contribution is 0.568. The smallest absolute Gasteiger partial charge is 0.0876 e. The normalized spacial score (nSPS) is 21.7. The maximum absolute atomic E-state index is 4.04. The van der Waals surface area contributed by atoms with Gasteiger partial charge in [0.15, 0.2) is 0 Å². The molecule has 3 heteroatoms. The number of nitrogens with zero attached hydrogens (tertiary/aromatic N) is 3. The Morgan fingerprint density at radius 2 is 2.18 bits per heavy atom. The van der Waals surface area contributed by atoms with Gasteiger partial charge in [-0.15, -0.1) is 5.10 Å². The molecule has 0 spiro atoms. The minimum Gasteiger partial charge on any atom is -0.238 e. The van der Waals surface area contributed by atoms with Crippen molar-refractivity contribution in [3.8, 4) is 0 Å². The van der Waals surface area contributed by atoms with Crippen LogP contribution in [0.25, 0.3) is 5.57 Å². The fraction of sp³-hybridized carbons (Fsp3) is 0.500. The summed E-state index contributed by atoms with van der Waals surface area (Å²) >= 11 is 0. The van der Waals surface area contributed by atoms with Gasteiger partial charge in [0.2, 0.25) is 0 Å². The summed E-state index contributed by atoms with van der Waals surface area (Å²) in [5, 5.41) is 8.05. The molecular formula is C8H11N3. The molecule has 11 heavy (non-hydrogen) atoms. The molecule has 0 N–H and O–H groups in total. The van der Waals surface area contributed by atoms with E-state index in [0.29, 0.717) is 6.04 Å². The first-order valence-corrected chi connectivity index (χ1v) is 3.80. The molecule has 0 aromatic carbocycles. The predicted molar refractivity (Wildman–Crippen MR) is 43.1 cm³/mol. The lowest BCUT2D eigenvalue weighted by Crippen LogP contribution is -2.01. The van der Waals surface area contributed by atoms with Crippen molar-refractivity contribution in [1.82, 2.24) is 15.0 Å². The maximum atomic E-state index is 4.04. The molecule has 2 rings (SSSR count). The van der Waals surface area contributed by atoms with Gasteiger partial charge in [0.25, 0.3) is 0 Å². The second-order valence-electron chi connectivity index (χ2n) is 3.06. The average Bonchev–Trinajstić information content (AvgIpc) is 2.41. The van der Waals surface area contributed by atoms with Crippen LogP contribution in [0.15, 0.2) is 6.08 Å². The highest BCUT2D eigenvalue weighted by molar-refractivity contribution is 5.65. The Morgan fingerprint density at radius 3 is 2.82 bits per heavy atom. The molecule has 0 bridgehead atoms. The Kier molecular flexibility index (Phi) is 1.16. The molecule has 1 unspecified atom stereocenters. The molecule has 3 nitrogen and oxygen atoms in total. The highest BCUT2D eigenvalue weighted by Crippen LogP contribution is 2.28. The van der Waals surface area contributed by atoms with E-state index in [4.69, 9.17) is 0 Å². The molecule has 0 radical (unpaired) electrons. The molecule has 0 saturated heterocycles. The van der Waals surface area contributed by atoms with Crippen LogP contribution in [0.4, 0.5) is 0 Å². The molecule has 58 valence electrons. The molecule has 1 aromatic heterocycles. The van der Waals surface area contributed by atoms with E-state index in [1.165, 1.54) is 11.3 Å². The Bertz CT molecular complexity index is 322. The number of hydrogen-bond acceptors (Lipinski definition) is 2. The van der Waals surface area contributed by atoms with Gasteiger partial charge >= 0.3 is 0 Å². The number of hydrogen-bond donors (Lipinski definition) is 0. The van der Waals surface area contributed by atoms with Gasteiger partial charge in [0.1, 0.15) is 0 Å². The zero-order valence-electron chi connectivity index (χ0n) is 7.00.